The van der Waals surface area contributed by atoms with Gasteiger partial charge in [0, 0.05) is 0 Å². The molecule has 0 aromatic carbocycles. The molecule has 0 aromatic heterocycles. The Hall–Kier alpha value is 0.830. The van der Waals surface area contributed by atoms with Crippen molar-refractivity contribution in [3.63, 3.8) is 0 Å². The van der Waals surface area contributed by atoms with E-state index in [0.29, 0.717) is 0 Å². The van der Waals surface area contributed by atoms with Crippen LogP contribution in [0.15, 0.2) is 0 Å². The van der Waals surface area contributed by atoms with Crippen LogP contribution >= 0.6 is 35.6 Å². The van der Waals surface area contributed by atoms with Crippen molar-refractivity contribution in [3.05, 3.63) is 0 Å². The average Bonchev–Trinajstić information content (AvgIpc) is 0.811. The Morgan fingerprint density at radius 2 is 1.00 bits per heavy atom. The van der Waals surface area contributed by atoms with Crippen LogP contribution in [0.3, 0.4) is 0 Å². The SMILES string of the molecule is Cl[O+](Cl)Cl. The van der Waals surface area contributed by atoms with Gasteiger partial charge in [0.05, 0.1) is 0 Å². The first-order chi connectivity index (χ1) is 1.73. The molecule has 0 aromatic rings. The number of hydrogen-bond donors (Lipinski definition) is 0. The summed E-state index contributed by atoms with van der Waals surface area (Å²) in [5.41, 5.74) is 0. The minimum Gasteiger partial charge on any atom is -0.0607 e. The topological polar surface area (TPSA) is 2.70 Å². The van der Waals surface area contributed by atoms with Crippen molar-refractivity contribution in [2.45, 2.75) is 0 Å². The van der Waals surface area contributed by atoms with Gasteiger partial charge in [0.2, 0.25) is 0 Å². The average molecular weight is 122 g/mol. The van der Waals surface area contributed by atoms with E-state index in [9.17, 15) is 0 Å². The van der Waals surface area contributed by atoms with Gasteiger partial charge in [-0.3, -0.25) is 0 Å². The molecule has 0 unspecified atom stereocenters. The van der Waals surface area contributed by atoms with Crippen LogP contribution < -0.4 is 0 Å². The quantitative estimate of drug-likeness (QED) is 0.432. The van der Waals surface area contributed by atoms with Crippen molar-refractivity contribution in [2.75, 3.05) is 0 Å². The molecule has 0 fully saturated rings. The molecule has 26 valence electrons. The fraction of sp³-hybridized carbons (Fsp3) is 0. The largest absolute Gasteiger partial charge is 0.354 e. The van der Waals surface area contributed by atoms with Crippen molar-refractivity contribution in [3.8, 4) is 0 Å². The molecule has 4 heavy (non-hydrogen) atoms. The molecule has 0 N–H and O–H groups in total. The molecule has 4 heteroatoms. The fourth-order valence-electron chi connectivity index (χ4n) is 0. The molecular formula is Cl3O+. The van der Waals surface area contributed by atoms with E-state index in [2.05, 4.69) is 35.6 Å². The molecule has 0 spiro atoms. The van der Waals surface area contributed by atoms with E-state index < -0.39 is 0 Å². The van der Waals surface area contributed by atoms with Crippen LogP contribution in [-0.2, 0) is 3.02 Å². The zero-order chi connectivity index (χ0) is 3.58. The zero-order valence-corrected chi connectivity index (χ0v) is 3.81. The monoisotopic (exact) mass is 121 g/mol. The molecule has 0 aliphatic rings. The molecule has 0 aliphatic carbocycles. The second-order valence-corrected chi connectivity index (χ2v) is 1.57. The van der Waals surface area contributed by atoms with Gasteiger partial charge in [-0.25, -0.2) is 0 Å². The van der Waals surface area contributed by atoms with Crippen LogP contribution in [0.25, 0.3) is 0 Å². The summed E-state index contributed by atoms with van der Waals surface area (Å²) < 4.78 is 1.00. The third kappa shape index (κ3) is 13.8. The van der Waals surface area contributed by atoms with Gasteiger partial charge in [-0.15, -0.1) is 0 Å². The maximum atomic E-state index is 4.56. The van der Waals surface area contributed by atoms with Crippen LogP contribution in [0.2, 0.25) is 0 Å². The minimum absolute atomic E-state index is 1.00. The Labute approximate surface area is 39.2 Å². The first-order valence-corrected chi connectivity index (χ1v) is 1.39. The van der Waals surface area contributed by atoms with E-state index in [0.717, 1.165) is 3.02 Å². The van der Waals surface area contributed by atoms with Crippen LogP contribution in [0, 0.1) is 0 Å². The first-order valence-electron chi connectivity index (χ1n) is 0.463. The molecule has 0 radical (unpaired) electrons. The lowest BCUT2D eigenvalue weighted by Gasteiger charge is -1.60. The van der Waals surface area contributed by atoms with Gasteiger partial charge in [-0.2, -0.15) is 0 Å². The van der Waals surface area contributed by atoms with Crippen molar-refractivity contribution in [2.24, 2.45) is 0 Å². The minimum atomic E-state index is 1.00. The lowest BCUT2D eigenvalue weighted by molar-refractivity contribution is 0.522. The molecule has 0 aliphatic heterocycles. The van der Waals surface area contributed by atoms with Crippen LogP contribution in [0.4, 0.5) is 0 Å². The van der Waals surface area contributed by atoms with Crippen molar-refractivity contribution in [1.29, 1.82) is 0 Å². The standard InChI is InChI=1S/Cl3O/c1-4(2)3/q+1. The summed E-state index contributed by atoms with van der Waals surface area (Å²) in [5, 5.41) is 0. The van der Waals surface area contributed by atoms with Crippen molar-refractivity contribution >= 4 is 35.6 Å². The van der Waals surface area contributed by atoms with E-state index in [4.69, 9.17) is 0 Å². The second kappa shape index (κ2) is 2.09. The molecular weight excluding hydrogens is 122 g/mol. The highest BCUT2D eigenvalue weighted by atomic mass is 35.6. The molecule has 0 saturated heterocycles. The van der Waals surface area contributed by atoms with E-state index >= 15 is 0 Å². The molecule has 1 nitrogen and oxygen atoms in total. The van der Waals surface area contributed by atoms with Gasteiger partial charge in [-0.1, -0.05) is 3.02 Å². The molecule has 0 saturated carbocycles. The van der Waals surface area contributed by atoms with Gasteiger partial charge in [-0.05, 0) is 0 Å². The van der Waals surface area contributed by atoms with E-state index in [1.165, 1.54) is 0 Å². The Morgan fingerprint density at radius 3 is 1.00 bits per heavy atom. The van der Waals surface area contributed by atoms with Gasteiger partial charge < -0.3 is 0 Å². The number of rotatable bonds is 0. The summed E-state index contributed by atoms with van der Waals surface area (Å²) in [6, 6.07) is 0. The molecule has 0 heterocycles. The molecule has 0 rings (SSSR count). The summed E-state index contributed by atoms with van der Waals surface area (Å²) in [6.07, 6.45) is 0. The third-order valence-electron chi connectivity index (χ3n) is 0. The molecule has 0 amide bonds. The van der Waals surface area contributed by atoms with Crippen LogP contribution in [0.1, 0.15) is 0 Å². The summed E-state index contributed by atoms with van der Waals surface area (Å²) in [7, 11) is 0. The predicted octanol–water partition coefficient (Wildman–Crippen LogP) is 2.00. The molecule has 0 atom stereocenters. The summed E-state index contributed by atoms with van der Waals surface area (Å²) in [6.45, 7) is 0. The van der Waals surface area contributed by atoms with E-state index in [-0.39, 0.29) is 0 Å². The normalized spacial score (nSPS) is 9.00. The van der Waals surface area contributed by atoms with Crippen LogP contribution in [-0.4, -0.2) is 0 Å². The highest BCUT2D eigenvalue weighted by Gasteiger charge is 1.89. The Kier molecular flexibility index (Phi) is 2.52. The Bertz CT molecular complexity index is 8.00. The molecule has 0 bridgehead atoms. The summed E-state index contributed by atoms with van der Waals surface area (Å²) >= 11 is 13.7. The highest BCUT2D eigenvalue weighted by Crippen LogP contribution is 2.08. The first kappa shape index (κ1) is 4.83. The summed E-state index contributed by atoms with van der Waals surface area (Å²) in [4.78, 5) is 0. The fourth-order valence-corrected chi connectivity index (χ4v) is 0. The predicted molar refractivity (Wildman–Crippen MR) is 18.6 cm³/mol. The lowest BCUT2D eigenvalue weighted by Crippen LogP contribution is -1.46. The maximum Gasteiger partial charge on any atom is 0.354 e. The number of hydrogen-bond acceptors (Lipinski definition) is 0. The lowest BCUT2D eigenvalue weighted by atomic mass is 15.8. The van der Waals surface area contributed by atoms with E-state index in [1.54, 1.807) is 0 Å². The Morgan fingerprint density at radius 1 is 1.00 bits per heavy atom. The van der Waals surface area contributed by atoms with Crippen molar-refractivity contribution in [1.82, 2.24) is 0 Å². The van der Waals surface area contributed by atoms with Crippen LogP contribution in [0.5, 0.6) is 0 Å². The smallest absolute Gasteiger partial charge is 0.0607 e. The van der Waals surface area contributed by atoms with Gasteiger partial charge in [0.25, 0.3) is 0 Å². The van der Waals surface area contributed by atoms with Gasteiger partial charge in [0.15, 0.2) is 0 Å². The van der Waals surface area contributed by atoms with Crippen molar-refractivity contribution < 1.29 is 3.02 Å². The van der Waals surface area contributed by atoms with Gasteiger partial charge >= 0.3 is 35.6 Å². The number of halogens is 3. The maximum absolute atomic E-state index is 4.56. The zero-order valence-electron chi connectivity index (χ0n) is 1.54. The van der Waals surface area contributed by atoms with Gasteiger partial charge in [0.1, 0.15) is 0 Å². The highest BCUT2D eigenvalue weighted by molar-refractivity contribution is 6.42. The second-order valence-electron chi connectivity index (χ2n) is 0.175. The summed E-state index contributed by atoms with van der Waals surface area (Å²) in [5.74, 6) is 0. The third-order valence-corrected chi connectivity index (χ3v) is 0. The van der Waals surface area contributed by atoms with E-state index in [1.807, 2.05) is 0 Å². The Balaban J connectivity index is 2.32.